The van der Waals surface area contributed by atoms with Gasteiger partial charge in [-0.2, -0.15) is 0 Å². The van der Waals surface area contributed by atoms with E-state index in [0.29, 0.717) is 11.5 Å². The maximum Gasteiger partial charge on any atom is 0.347 e. The second kappa shape index (κ2) is 15.1. The summed E-state index contributed by atoms with van der Waals surface area (Å²) >= 11 is 0. The van der Waals surface area contributed by atoms with E-state index >= 15 is 0 Å². The van der Waals surface area contributed by atoms with E-state index in [0.717, 1.165) is 25.7 Å². The molecule has 212 valence electrons. The van der Waals surface area contributed by atoms with Gasteiger partial charge in [0.15, 0.2) is 5.60 Å². The van der Waals surface area contributed by atoms with Crippen LogP contribution in [0.15, 0.2) is 48.5 Å². The zero-order chi connectivity index (χ0) is 28.2. The summed E-state index contributed by atoms with van der Waals surface area (Å²) in [7, 11) is 3.06. The lowest BCUT2D eigenvalue weighted by Gasteiger charge is -2.45. The van der Waals surface area contributed by atoms with Crippen molar-refractivity contribution in [1.82, 2.24) is 0 Å². The normalized spacial score (nSPS) is 14.1. The minimum atomic E-state index is -2.68. The van der Waals surface area contributed by atoms with Gasteiger partial charge in [-0.15, -0.1) is 0 Å². The number of unbranched alkanes of at least 4 members (excludes halogenated alkanes) is 1. The second-order valence-corrected chi connectivity index (χ2v) is 9.19. The van der Waals surface area contributed by atoms with E-state index in [9.17, 15) is 15.0 Å². The highest BCUT2D eigenvalue weighted by molar-refractivity contribution is 5.83. The second-order valence-electron chi connectivity index (χ2n) is 9.19. The van der Waals surface area contributed by atoms with E-state index in [1.165, 1.54) is 14.2 Å². The summed E-state index contributed by atoms with van der Waals surface area (Å²) in [6.07, 6.45) is 2.20. The highest BCUT2D eigenvalue weighted by atomic mass is 16.7. The number of carbonyl (C=O) groups is 1. The molecule has 0 heterocycles. The van der Waals surface area contributed by atoms with Crippen LogP contribution in [0.3, 0.4) is 0 Å². The Balaban J connectivity index is 2.73. The first-order chi connectivity index (χ1) is 18.3. The Labute approximate surface area is 226 Å². The topological polar surface area (TPSA) is 104 Å². The van der Waals surface area contributed by atoms with Crippen LogP contribution in [0.5, 0.6) is 11.5 Å². The van der Waals surface area contributed by atoms with Gasteiger partial charge in [-0.1, -0.05) is 57.4 Å². The Hall–Kier alpha value is -2.65. The van der Waals surface area contributed by atoms with Gasteiger partial charge in [-0.05, 0) is 61.6 Å². The van der Waals surface area contributed by atoms with Crippen LogP contribution >= 0.6 is 0 Å². The third kappa shape index (κ3) is 6.86. The molecule has 8 nitrogen and oxygen atoms in total. The first-order valence-corrected chi connectivity index (χ1v) is 13.4. The summed E-state index contributed by atoms with van der Waals surface area (Å²) in [5.41, 5.74) is -4.55. The monoisotopic (exact) mass is 532 g/mol. The number of hydrogen-bond acceptors (Lipinski definition) is 8. The summed E-state index contributed by atoms with van der Waals surface area (Å²) in [5, 5.41) is 25.0. The Morgan fingerprint density at radius 1 is 0.816 bits per heavy atom. The maximum atomic E-state index is 13.9. The fourth-order valence-electron chi connectivity index (χ4n) is 4.48. The van der Waals surface area contributed by atoms with Crippen LogP contribution in [-0.4, -0.2) is 62.1 Å². The van der Waals surface area contributed by atoms with Gasteiger partial charge in [0.25, 0.3) is 5.60 Å². The summed E-state index contributed by atoms with van der Waals surface area (Å²) < 4.78 is 27.8. The molecule has 0 aliphatic carbocycles. The van der Waals surface area contributed by atoms with Crippen LogP contribution in [0.2, 0.25) is 0 Å². The summed E-state index contributed by atoms with van der Waals surface area (Å²) in [5.74, 6) is 0.180. The number of rotatable bonds is 17. The molecule has 0 radical (unpaired) electrons. The predicted molar refractivity (Wildman–Crippen MR) is 145 cm³/mol. The van der Waals surface area contributed by atoms with Crippen LogP contribution in [0.4, 0.5) is 0 Å². The molecule has 0 aromatic heterocycles. The number of carbonyl (C=O) groups excluding carboxylic acids is 1. The molecule has 0 fully saturated rings. The maximum absolute atomic E-state index is 13.9. The van der Waals surface area contributed by atoms with E-state index in [1.54, 1.807) is 62.4 Å². The summed E-state index contributed by atoms with van der Waals surface area (Å²) in [6, 6.07) is 12.9. The van der Waals surface area contributed by atoms with Crippen LogP contribution in [0.1, 0.15) is 64.5 Å². The molecule has 0 bridgehead atoms. The molecular weight excluding hydrogens is 488 g/mol. The van der Waals surface area contributed by atoms with Crippen LogP contribution in [0.25, 0.3) is 0 Å². The average molecular weight is 533 g/mol. The van der Waals surface area contributed by atoms with Crippen molar-refractivity contribution in [2.24, 2.45) is 5.92 Å². The smallest absolute Gasteiger partial charge is 0.347 e. The predicted octanol–water partition coefficient (Wildman–Crippen LogP) is 4.83. The molecular formula is C30H44O8. The van der Waals surface area contributed by atoms with Crippen LogP contribution in [0, 0.1) is 5.92 Å². The number of methoxy groups -OCH3 is 2. The van der Waals surface area contributed by atoms with Gasteiger partial charge in [0.1, 0.15) is 11.5 Å². The van der Waals surface area contributed by atoms with E-state index in [2.05, 4.69) is 6.92 Å². The lowest BCUT2D eigenvalue weighted by Crippen LogP contribution is -2.66. The van der Waals surface area contributed by atoms with E-state index < -0.39 is 23.5 Å². The van der Waals surface area contributed by atoms with Gasteiger partial charge in [0.2, 0.25) is 6.29 Å². The molecule has 0 amide bonds. The summed E-state index contributed by atoms with van der Waals surface area (Å²) in [6.45, 7) is 7.92. The minimum Gasteiger partial charge on any atom is -0.497 e. The van der Waals surface area contributed by atoms with Gasteiger partial charge >= 0.3 is 5.97 Å². The van der Waals surface area contributed by atoms with Crippen molar-refractivity contribution in [3.63, 3.8) is 0 Å². The standard InChI is InChI=1S/C30H44O8/c1-7-11-12-22(8-2)21-38-27(31)30(33,28(36-9-3)37-10-4)29(32,23-13-17-25(34-5)18-14-23)24-15-19-26(35-6)20-16-24/h13-20,22,28,32-33H,7-12,21H2,1-6H3. The third-order valence-corrected chi connectivity index (χ3v) is 6.85. The number of benzene rings is 2. The number of esters is 1. The Kier molecular flexibility index (Phi) is 12.5. The van der Waals surface area contributed by atoms with Crippen molar-refractivity contribution >= 4 is 5.97 Å². The molecule has 0 aliphatic heterocycles. The Morgan fingerprint density at radius 2 is 1.29 bits per heavy atom. The minimum absolute atomic E-state index is 0.101. The average Bonchev–Trinajstić information content (AvgIpc) is 2.96. The largest absolute Gasteiger partial charge is 0.497 e. The van der Waals surface area contributed by atoms with Crippen LogP contribution < -0.4 is 9.47 Å². The van der Waals surface area contributed by atoms with E-state index in [-0.39, 0.29) is 36.9 Å². The summed E-state index contributed by atoms with van der Waals surface area (Å²) in [4.78, 5) is 13.9. The van der Waals surface area contributed by atoms with Crippen molar-refractivity contribution in [3.8, 4) is 11.5 Å². The molecule has 38 heavy (non-hydrogen) atoms. The van der Waals surface area contributed by atoms with Gasteiger partial charge in [0.05, 0.1) is 20.8 Å². The number of aliphatic hydroxyl groups is 2. The first kappa shape index (κ1) is 31.6. The van der Waals surface area contributed by atoms with Crippen molar-refractivity contribution < 1.29 is 38.7 Å². The van der Waals surface area contributed by atoms with E-state index in [4.69, 9.17) is 23.7 Å². The SMILES string of the molecule is CCCCC(CC)COC(=O)C(O)(C(OCC)OCC)C(O)(c1ccc(OC)cc1)c1ccc(OC)cc1. The Bertz CT molecular complexity index is 906. The van der Waals surface area contributed by atoms with Gasteiger partial charge < -0.3 is 33.9 Å². The zero-order valence-electron chi connectivity index (χ0n) is 23.6. The van der Waals surface area contributed by atoms with Crippen molar-refractivity contribution in [2.45, 2.75) is 70.9 Å². The van der Waals surface area contributed by atoms with Crippen molar-refractivity contribution in [1.29, 1.82) is 0 Å². The van der Waals surface area contributed by atoms with Gasteiger partial charge in [-0.25, -0.2) is 4.79 Å². The molecule has 0 spiro atoms. The molecule has 0 saturated heterocycles. The van der Waals surface area contributed by atoms with Crippen LogP contribution in [-0.2, 0) is 24.6 Å². The number of hydrogen-bond donors (Lipinski definition) is 2. The van der Waals surface area contributed by atoms with Gasteiger partial charge in [0, 0.05) is 13.2 Å². The Morgan fingerprint density at radius 3 is 1.66 bits per heavy atom. The zero-order valence-corrected chi connectivity index (χ0v) is 23.6. The third-order valence-electron chi connectivity index (χ3n) is 6.85. The molecule has 0 saturated carbocycles. The molecule has 2 aromatic rings. The first-order valence-electron chi connectivity index (χ1n) is 13.4. The van der Waals surface area contributed by atoms with Crippen molar-refractivity contribution in [2.75, 3.05) is 34.0 Å². The fourth-order valence-corrected chi connectivity index (χ4v) is 4.48. The fraction of sp³-hybridized carbons (Fsp3) is 0.567. The molecule has 2 N–H and O–H groups in total. The molecule has 0 aliphatic rings. The quantitative estimate of drug-likeness (QED) is 0.221. The molecule has 2 unspecified atom stereocenters. The highest BCUT2D eigenvalue weighted by Crippen LogP contribution is 2.44. The molecule has 2 aromatic carbocycles. The molecule has 2 atom stereocenters. The molecule has 2 rings (SSSR count). The van der Waals surface area contributed by atoms with Crippen molar-refractivity contribution in [3.05, 3.63) is 59.7 Å². The van der Waals surface area contributed by atoms with Gasteiger partial charge in [-0.3, -0.25) is 0 Å². The highest BCUT2D eigenvalue weighted by Gasteiger charge is 2.64. The molecule has 8 heteroatoms. The number of ether oxygens (including phenoxy) is 5. The van der Waals surface area contributed by atoms with E-state index in [1.807, 2.05) is 6.92 Å². The lowest BCUT2D eigenvalue weighted by molar-refractivity contribution is -0.284. The lowest BCUT2D eigenvalue weighted by atomic mass is 9.72.